The van der Waals surface area contributed by atoms with Crippen molar-refractivity contribution in [2.75, 3.05) is 0 Å². The number of hydrogen-bond donors (Lipinski definition) is 1. The van der Waals surface area contributed by atoms with Gasteiger partial charge in [0.05, 0.1) is 0 Å². The second-order valence-electron chi connectivity index (χ2n) is 7.01. The van der Waals surface area contributed by atoms with E-state index in [1.165, 1.54) is 5.56 Å². The van der Waals surface area contributed by atoms with E-state index in [2.05, 4.69) is 64.2 Å². The highest BCUT2D eigenvalue weighted by atomic mass is 16.5. The minimum atomic E-state index is 0.181. The smallest absolute Gasteiger partial charge is 0.120 e. The van der Waals surface area contributed by atoms with Crippen molar-refractivity contribution in [3.8, 4) is 5.75 Å². The largest absolute Gasteiger partial charge is 0.490 e. The van der Waals surface area contributed by atoms with Crippen molar-refractivity contribution in [3.63, 3.8) is 0 Å². The first kappa shape index (κ1) is 14.4. The van der Waals surface area contributed by atoms with Crippen LogP contribution in [0, 0.1) is 0 Å². The van der Waals surface area contributed by atoms with Crippen LogP contribution in [0.2, 0.25) is 0 Å². The summed E-state index contributed by atoms with van der Waals surface area (Å²) in [7, 11) is 0. The Labute approximate surface area is 117 Å². The van der Waals surface area contributed by atoms with Crippen LogP contribution in [0.3, 0.4) is 0 Å². The summed E-state index contributed by atoms with van der Waals surface area (Å²) in [5.41, 5.74) is 1.52. The van der Waals surface area contributed by atoms with Crippen LogP contribution in [0.15, 0.2) is 24.3 Å². The van der Waals surface area contributed by atoms with Gasteiger partial charge in [-0.1, -0.05) is 46.8 Å². The van der Waals surface area contributed by atoms with E-state index in [4.69, 9.17) is 4.74 Å². The molecule has 0 heterocycles. The van der Waals surface area contributed by atoms with Gasteiger partial charge in [-0.3, -0.25) is 0 Å². The fourth-order valence-corrected chi connectivity index (χ4v) is 2.50. The van der Waals surface area contributed by atoms with E-state index in [-0.39, 0.29) is 5.41 Å². The Morgan fingerprint density at radius 1 is 1.21 bits per heavy atom. The van der Waals surface area contributed by atoms with E-state index < -0.39 is 0 Å². The zero-order chi connectivity index (χ0) is 14.0. The summed E-state index contributed by atoms with van der Waals surface area (Å²) in [6.07, 6.45) is 2.63. The molecule has 0 aliphatic heterocycles. The third kappa shape index (κ3) is 3.97. The Hall–Kier alpha value is -1.02. The highest BCUT2D eigenvalue weighted by molar-refractivity contribution is 5.32. The molecule has 1 N–H and O–H groups in total. The lowest BCUT2D eigenvalue weighted by Crippen LogP contribution is -2.49. The van der Waals surface area contributed by atoms with E-state index >= 15 is 0 Å². The molecule has 0 atom stereocenters. The third-order valence-corrected chi connectivity index (χ3v) is 3.67. The van der Waals surface area contributed by atoms with Crippen LogP contribution in [0.5, 0.6) is 5.75 Å². The summed E-state index contributed by atoms with van der Waals surface area (Å²) in [5.74, 6) is 1.01. The molecule has 0 aromatic heterocycles. The Kier molecular flexibility index (Phi) is 4.19. The van der Waals surface area contributed by atoms with Gasteiger partial charge in [0.15, 0.2) is 0 Å². The van der Waals surface area contributed by atoms with Crippen molar-refractivity contribution < 1.29 is 4.74 Å². The average molecular weight is 261 g/mol. The maximum Gasteiger partial charge on any atom is 0.120 e. The van der Waals surface area contributed by atoms with Crippen LogP contribution in [0.1, 0.15) is 53.0 Å². The molecule has 0 bridgehead atoms. The minimum absolute atomic E-state index is 0.181. The van der Waals surface area contributed by atoms with Crippen molar-refractivity contribution in [2.24, 2.45) is 0 Å². The van der Waals surface area contributed by atoms with Crippen LogP contribution in [0.25, 0.3) is 0 Å². The molecule has 1 aromatic carbocycles. The second kappa shape index (κ2) is 5.54. The molecule has 2 nitrogen and oxygen atoms in total. The molecular formula is C17H27NO. The number of ether oxygens (including phenoxy) is 1. The Bertz CT molecular complexity index is 414. The SMILES string of the molecule is CC(C)NC1CC(Oc2cccc(C(C)(C)C)c2)C1. The highest BCUT2D eigenvalue weighted by Gasteiger charge is 2.31. The van der Waals surface area contributed by atoms with Crippen LogP contribution >= 0.6 is 0 Å². The third-order valence-electron chi connectivity index (χ3n) is 3.67. The number of benzene rings is 1. The molecule has 0 saturated heterocycles. The quantitative estimate of drug-likeness (QED) is 0.887. The summed E-state index contributed by atoms with van der Waals surface area (Å²) in [6.45, 7) is 11.1. The van der Waals surface area contributed by atoms with Gasteiger partial charge in [-0.2, -0.15) is 0 Å². The predicted octanol–water partition coefficient (Wildman–Crippen LogP) is 3.89. The van der Waals surface area contributed by atoms with E-state index in [1.54, 1.807) is 0 Å². The first-order valence-corrected chi connectivity index (χ1v) is 7.38. The first-order valence-electron chi connectivity index (χ1n) is 7.38. The Morgan fingerprint density at radius 2 is 1.89 bits per heavy atom. The molecule has 1 aromatic rings. The first-order chi connectivity index (χ1) is 8.84. The molecule has 0 spiro atoms. The molecule has 106 valence electrons. The van der Waals surface area contributed by atoms with Crippen molar-refractivity contribution in [1.29, 1.82) is 0 Å². The molecule has 0 radical (unpaired) electrons. The van der Waals surface area contributed by atoms with Crippen LogP contribution in [0.4, 0.5) is 0 Å². The lowest BCUT2D eigenvalue weighted by atomic mass is 9.86. The van der Waals surface area contributed by atoms with Crippen molar-refractivity contribution in [3.05, 3.63) is 29.8 Å². The summed E-state index contributed by atoms with van der Waals surface area (Å²) in [5, 5.41) is 3.55. The second-order valence-corrected chi connectivity index (χ2v) is 7.01. The van der Waals surface area contributed by atoms with Gasteiger partial charge in [-0.15, -0.1) is 0 Å². The molecule has 1 fully saturated rings. The highest BCUT2D eigenvalue weighted by Crippen LogP contribution is 2.29. The summed E-state index contributed by atoms with van der Waals surface area (Å²) < 4.78 is 6.06. The standard InChI is InChI=1S/C17H27NO/c1-12(2)18-14-10-16(11-14)19-15-8-6-7-13(9-15)17(3,4)5/h6-9,12,14,16,18H,10-11H2,1-5H3. The Balaban J connectivity index is 1.88. The van der Waals surface area contributed by atoms with E-state index in [9.17, 15) is 0 Å². The molecule has 19 heavy (non-hydrogen) atoms. The van der Waals surface area contributed by atoms with Gasteiger partial charge in [-0.05, 0) is 36.0 Å². The summed E-state index contributed by atoms with van der Waals surface area (Å²) >= 11 is 0. The van der Waals surface area contributed by atoms with Crippen LogP contribution in [-0.4, -0.2) is 18.2 Å². The maximum absolute atomic E-state index is 6.06. The minimum Gasteiger partial charge on any atom is -0.490 e. The Morgan fingerprint density at radius 3 is 2.47 bits per heavy atom. The van der Waals surface area contributed by atoms with Gasteiger partial charge in [0.1, 0.15) is 11.9 Å². The average Bonchev–Trinajstić information content (AvgIpc) is 2.25. The predicted molar refractivity (Wildman–Crippen MR) is 80.9 cm³/mol. The lowest BCUT2D eigenvalue weighted by molar-refractivity contribution is 0.0814. The molecule has 0 unspecified atom stereocenters. The molecule has 1 aliphatic carbocycles. The van der Waals surface area contributed by atoms with E-state index in [1.807, 2.05) is 0 Å². The van der Waals surface area contributed by atoms with E-state index in [0.29, 0.717) is 18.2 Å². The van der Waals surface area contributed by atoms with Crippen molar-refractivity contribution in [1.82, 2.24) is 5.32 Å². The number of nitrogens with one attached hydrogen (secondary N) is 1. The number of rotatable bonds is 4. The van der Waals surface area contributed by atoms with Crippen LogP contribution in [-0.2, 0) is 5.41 Å². The topological polar surface area (TPSA) is 21.3 Å². The van der Waals surface area contributed by atoms with E-state index in [0.717, 1.165) is 18.6 Å². The molecule has 1 aliphatic rings. The van der Waals surface area contributed by atoms with Gasteiger partial charge in [0.25, 0.3) is 0 Å². The molecule has 2 heteroatoms. The van der Waals surface area contributed by atoms with Gasteiger partial charge in [-0.25, -0.2) is 0 Å². The van der Waals surface area contributed by atoms with Gasteiger partial charge < -0.3 is 10.1 Å². The van der Waals surface area contributed by atoms with Crippen LogP contribution < -0.4 is 10.1 Å². The fraction of sp³-hybridized carbons (Fsp3) is 0.647. The zero-order valence-electron chi connectivity index (χ0n) is 12.9. The summed E-state index contributed by atoms with van der Waals surface area (Å²) in [6, 6.07) is 9.72. The maximum atomic E-state index is 6.06. The monoisotopic (exact) mass is 261 g/mol. The zero-order valence-corrected chi connectivity index (χ0v) is 12.9. The summed E-state index contributed by atoms with van der Waals surface area (Å²) in [4.78, 5) is 0. The van der Waals surface area contributed by atoms with Crippen molar-refractivity contribution >= 4 is 0 Å². The van der Waals surface area contributed by atoms with Crippen molar-refractivity contribution in [2.45, 2.75) is 71.1 Å². The lowest BCUT2D eigenvalue weighted by Gasteiger charge is -2.37. The molecule has 2 rings (SSSR count). The van der Waals surface area contributed by atoms with Gasteiger partial charge in [0.2, 0.25) is 0 Å². The number of hydrogen-bond acceptors (Lipinski definition) is 2. The fourth-order valence-electron chi connectivity index (χ4n) is 2.50. The van der Waals surface area contributed by atoms with Gasteiger partial charge in [0, 0.05) is 12.1 Å². The molecule has 0 amide bonds. The molecular weight excluding hydrogens is 234 g/mol. The van der Waals surface area contributed by atoms with Gasteiger partial charge >= 0.3 is 0 Å². The molecule has 1 saturated carbocycles. The normalized spacial score (nSPS) is 23.3.